The minimum Gasteiger partial charge on any atom is -0.351 e. The van der Waals surface area contributed by atoms with Gasteiger partial charge >= 0.3 is 18.1 Å². The first-order chi connectivity index (χ1) is 9.29. The van der Waals surface area contributed by atoms with Gasteiger partial charge in [0.05, 0.1) is 0 Å². The summed E-state index contributed by atoms with van der Waals surface area (Å²) in [4.78, 5) is 21.8. The summed E-state index contributed by atoms with van der Waals surface area (Å²) in [5.74, 6) is -1.95. The van der Waals surface area contributed by atoms with E-state index in [1.807, 2.05) is 0 Å². The molecule has 1 aromatic carbocycles. The highest BCUT2D eigenvalue weighted by molar-refractivity contribution is 7.98. The molecule has 0 bridgehead atoms. The van der Waals surface area contributed by atoms with Crippen molar-refractivity contribution in [2.24, 2.45) is 5.73 Å². The first kappa shape index (κ1) is 16.2. The third kappa shape index (κ3) is 5.83. The van der Waals surface area contributed by atoms with Crippen LogP contribution in [0.3, 0.4) is 0 Å². The molecule has 0 spiro atoms. The number of benzene rings is 1. The van der Waals surface area contributed by atoms with E-state index in [1.54, 1.807) is 29.6 Å². The number of primary amides is 1. The standard InChI is InChI=1S/C11H12F3N3O2S/c12-11(13,14)9(18)16-6-5-7-1-3-8(4-2-7)20-17-10(15)19/h1-4H,5-6H2,(H,16,18)(H3,15,17,19). The van der Waals surface area contributed by atoms with Crippen LogP contribution in [0, 0.1) is 0 Å². The van der Waals surface area contributed by atoms with Gasteiger partial charge in [-0.25, -0.2) is 4.79 Å². The Morgan fingerprint density at radius 2 is 1.80 bits per heavy atom. The van der Waals surface area contributed by atoms with Gasteiger partial charge in [0.1, 0.15) is 0 Å². The highest BCUT2D eigenvalue weighted by Crippen LogP contribution is 2.16. The maximum atomic E-state index is 11.9. The molecule has 0 aromatic heterocycles. The predicted octanol–water partition coefficient (Wildman–Crippen LogP) is 1.58. The second-order valence-electron chi connectivity index (χ2n) is 3.72. The SMILES string of the molecule is NC(=O)NSc1ccc(CCNC(=O)C(F)(F)F)cc1. The number of urea groups is 1. The molecule has 0 aliphatic rings. The van der Waals surface area contributed by atoms with Crippen LogP contribution in [0.25, 0.3) is 0 Å². The van der Waals surface area contributed by atoms with E-state index in [2.05, 4.69) is 4.72 Å². The van der Waals surface area contributed by atoms with Gasteiger partial charge in [-0.15, -0.1) is 0 Å². The van der Waals surface area contributed by atoms with Crippen LogP contribution >= 0.6 is 11.9 Å². The van der Waals surface area contributed by atoms with Crippen molar-refractivity contribution in [3.63, 3.8) is 0 Å². The lowest BCUT2D eigenvalue weighted by Crippen LogP contribution is -2.37. The van der Waals surface area contributed by atoms with E-state index in [0.717, 1.165) is 22.4 Å². The number of carbonyl (C=O) groups is 2. The first-order valence-electron chi connectivity index (χ1n) is 5.45. The number of nitrogens with one attached hydrogen (secondary N) is 2. The maximum Gasteiger partial charge on any atom is 0.471 e. The van der Waals surface area contributed by atoms with Crippen LogP contribution in [0.15, 0.2) is 29.2 Å². The van der Waals surface area contributed by atoms with E-state index in [9.17, 15) is 22.8 Å². The molecular weight excluding hydrogens is 295 g/mol. The number of alkyl halides is 3. The van der Waals surface area contributed by atoms with E-state index in [4.69, 9.17) is 5.73 Å². The van der Waals surface area contributed by atoms with Crippen LogP contribution in [0.4, 0.5) is 18.0 Å². The monoisotopic (exact) mass is 307 g/mol. The summed E-state index contributed by atoms with van der Waals surface area (Å²) in [5.41, 5.74) is 5.66. The molecule has 0 saturated carbocycles. The fraction of sp³-hybridized carbons (Fsp3) is 0.273. The number of nitrogens with two attached hydrogens (primary N) is 1. The van der Waals surface area contributed by atoms with Crippen LogP contribution in [-0.2, 0) is 11.2 Å². The number of halogens is 3. The molecule has 0 unspecified atom stereocenters. The molecule has 5 nitrogen and oxygen atoms in total. The van der Waals surface area contributed by atoms with Gasteiger partial charge < -0.3 is 11.1 Å². The van der Waals surface area contributed by atoms with Crippen LogP contribution < -0.4 is 15.8 Å². The van der Waals surface area contributed by atoms with Crippen LogP contribution in [0.5, 0.6) is 0 Å². The highest BCUT2D eigenvalue weighted by Gasteiger charge is 2.38. The molecule has 0 aliphatic heterocycles. The van der Waals surface area contributed by atoms with Gasteiger partial charge in [-0.1, -0.05) is 12.1 Å². The van der Waals surface area contributed by atoms with Gasteiger partial charge in [0.2, 0.25) is 0 Å². The molecule has 1 aromatic rings. The summed E-state index contributed by atoms with van der Waals surface area (Å²) < 4.78 is 38.1. The van der Waals surface area contributed by atoms with Crippen molar-refractivity contribution in [1.82, 2.24) is 10.0 Å². The molecule has 0 atom stereocenters. The molecule has 20 heavy (non-hydrogen) atoms. The lowest BCUT2D eigenvalue weighted by atomic mass is 10.1. The molecule has 0 saturated heterocycles. The van der Waals surface area contributed by atoms with Crippen LogP contribution in [0.2, 0.25) is 0 Å². The lowest BCUT2D eigenvalue weighted by molar-refractivity contribution is -0.173. The van der Waals surface area contributed by atoms with E-state index in [1.165, 1.54) is 0 Å². The van der Waals surface area contributed by atoms with Gasteiger partial charge in [-0.2, -0.15) is 13.2 Å². The van der Waals surface area contributed by atoms with Crippen molar-refractivity contribution in [3.05, 3.63) is 29.8 Å². The van der Waals surface area contributed by atoms with Gasteiger partial charge in [-0.05, 0) is 36.1 Å². The Bertz CT molecular complexity index is 477. The molecule has 9 heteroatoms. The van der Waals surface area contributed by atoms with Gasteiger partial charge in [0.25, 0.3) is 0 Å². The Balaban J connectivity index is 2.38. The summed E-state index contributed by atoms with van der Waals surface area (Å²) >= 11 is 1.03. The van der Waals surface area contributed by atoms with Gasteiger partial charge in [-0.3, -0.25) is 9.52 Å². The fourth-order valence-electron chi connectivity index (χ4n) is 1.25. The Morgan fingerprint density at radius 3 is 2.30 bits per heavy atom. The predicted molar refractivity (Wildman–Crippen MR) is 67.8 cm³/mol. The average molecular weight is 307 g/mol. The van der Waals surface area contributed by atoms with Crippen molar-refractivity contribution in [2.45, 2.75) is 17.5 Å². The second kappa shape index (κ2) is 7.04. The Morgan fingerprint density at radius 1 is 1.20 bits per heavy atom. The summed E-state index contributed by atoms with van der Waals surface area (Å²) in [7, 11) is 0. The third-order valence-corrected chi connectivity index (χ3v) is 2.96. The van der Waals surface area contributed by atoms with Gasteiger partial charge in [0, 0.05) is 11.4 Å². The Hall–Kier alpha value is -1.90. The lowest BCUT2D eigenvalue weighted by Gasteiger charge is -2.08. The fourth-order valence-corrected chi connectivity index (χ4v) is 1.74. The summed E-state index contributed by atoms with van der Waals surface area (Å²) in [6.45, 7) is -0.107. The highest BCUT2D eigenvalue weighted by atomic mass is 32.2. The molecular formula is C11H12F3N3O2S. The first-order valence-corrected chi connectivity index (χ1v) is 6.27. The van der Waals surface area contributed by atoms with Crippen molar-refractivity contribution >= 4 is 23.9 Å². The summed E-state index contributed by atoms with van der Waals surface area (Å²) in [6.07, 6.45) is -4.59. The number of amides is 3. The zero-order valence-electron chi connectivity index (χ0n) is 10.2. The molecule has 0 heterocycles. The summed E-state index contributed by atoms with van der Waals surface area (Å²) in [5, 5.41) is 1.78. The van der Waals surface area contributed by atoms with E-state index >= 15 is 0 Å². The average Bonchev–Trinajstić information content (AvgIpc) is 2.36. The van der Waals surface area contributed by atoms with Crippen molar-refractivity contribution in [3.8, 4) is 0 Å². The van der Waals surface area contributed by atoms with Gasteiger partial charge in [0.15, 0.2) is 0 Å². The Labute approximate surface area is 117 Å². The van der Waals surface area contributed by atoms with Crippen LogP contribution in [0.1, 0.15) is 5.56 Å². The smallest absolute Gasteiger partial charge is 0.351 e. The van der Waals surface area contributed by atoms with Crippen molar-refractivity contribution in [1.29, 1.82) is 0 Å². The molecule has 0 fully saturated rings. The molecule has 0 aliphatic carbocycles. The summed E-state index contributed by atoms with van der Waals surface area (Å²) in [6, 6.07) is 6.06. The second-order valence-corrected chi connectivity index (χ2v) is 4.60. The minimum absolute atomic E-state index is 0.107. The largest absolute Gasteiger partial charge is 0.471 e. The normalized spacial score (nSPS) is 10.9. The molecule has 1 rings (SSSR count). The zero-order chi connectivity index (χ0) is 15.2. The van der Waals surface area contributed by atoms with Crippen molar-refractivity contribution in [2.75, 3.05) is 6.54 Å². The topological polar surface area (TPSA) is 84.2 Å². The number of hydrogen-bond acceptors (Lipinski definition) is 3. The maximum absolute atomic E-state index is 11.9. The third-order valence-electron chi connectivity index (χ3n) is 2.15. The van der Waals surface area contributed by atoms with E-state index in [0.29, 0.717) is 0 Å². The Kier molecular flexibility index (Phi) is 5.68. The number of rotatable bonds is 5. The number of carbonyl (C=O) groups excluding carboxylic acids is 2. The van der Waals surface area contributed by atoms with E-state index in [-0.39, 0.29) is 13.0 Å². The van der Waals surface area contributed by atoms with Crippen LogP contribution in [-0.4, -0.2) is 24.7 Å². The molecule has 3 amide bonds. The van der Waals surface area contributed by atoms with E-state index < -0.39 is 18.1 Å². The number of hydrogen-bond donors (Lipinski definition) is 3. The molecule has 110 valence electrons. The zero-order valence-corrected chi connectivity index (χ0v) is 11.0. The molecule has 0 radical (unpaired) electrons. The molecule has 4 N–H and O–H groups in total. The van der Waals surface area contributed by atoms with Crippen molar-refractivity contribution < 1.29 is 22.8 Å². The minimum atomic E-state index is -4.86. The quantitative estimate of drug-likeness (QED) is 0.722.